The van der Waals surface area contributed by atoms with Gasteiger partial charge in [0, 0.05) is 12.2 Å². The van der Waals surface area contributed by atoms with Gasteiger partial charge < -0.3 is 10.0 Å². The highest BCUT2D eigenvalue weighted by Gasteiger charge is 2.33. The van der Waals surface area contributed by atoms with Crippen LogP contribution >= 0.6 is 0 Å². The number of carbonyl (C=O) groups is 2. The van der Waals surface area contributed by atoms with Crippen molar-refractivity contribution in [1.29, 1.82) is 0 Å². The number of hydrogen-bond acceptors (Lipinski definition) is 3. The van der Waals surface area contributed by atoms with Crippen LogP contribution < -0.4 is 4.90 Å². The summed E-state index contributed by atoms with van der Waals surface area (Å²) in [6, 6.07) is 7.41. The van der Waals surface area contributed by atoms with Crippen LogP contribution in [0.25, 0.3) is 0 Å². The molecule has 0 radical (unpaired) electrons. The first kappa shape index (κ1) is 13.1. The van der Waals surface area contributed by atoms with E-state index in [-0.39, 0.29) is 12.5 Å². The zero-order valence-electron chi connectivity index (χ0n) is 11.3. The summed E-state index contributed by atoms with van der Waals surface area (Å²) >= 11 is 0. The van der Waals surface area contributed by atoms with Crippen molar-refractivity contribution < 1.29 is 14.7 Å². The zero-order chi connectivity index (χ0) is 14.1. The number of nitrogens with zero attached hydrogens (tertiary/aromatic N) is 2. The number of fused-ring (bicyclic) bond motifs is 1. The average molecular weight is 274 g/mol. The van der Waals surface area contributed by atoms with E-state index < -0.39 is 12.0 Å². The maximum atomic E-state index is 12.4. The van der Waals surface area contributed by atoms with Crippen LogP contribution in [0.1, 0.15) is 18.4 Å². The Labute approximate surface area is 117 Å². The number of carboxylic acids is 1. The summed E-state index contributed by atoms with van der Waals surface area (Å²) in [7, 11) is 0. The standard InChI is InChI=1S/C15H18N2O3/c18-14(10-16-8-3-6-13(16)15(19)20)17-9-7-11-4-1-2-5-12(11)17/h1-2,4-5,13H,3,6-10H2,(H,19,20)/t13-/m1/s1. The molecule has 1 aromatic carbocycles. The first-order valence-electron chi connectivity index (χ1n) is 7.02. The first-order chi connectivity index (χ1) is 9.66. The maximum absolute atomic E-state index is 12.4. The molecule has 0 bridgehead atoms. The molecule has 2 aliphatic heterocycles. The van der Waals surface area contributed by atoms with E-state index in [0.717, 1.165) is 18.5 Å². The lowest BCUT2D eigenvalue weighted by atomic mass is 10.2. The first-order valence-corrected chi connectivity index (χ1v) is 7.02. The van der Waals surface area contributed by atoms with Gasteiger partial charge in [-0.3, -0.25) is 14.5 Å². The predicted octanol–water partition coefficient (Wildman–Crippen LogP) is 1.12. The molecule has 0 spiro atoms. The number of hydrogen-bond donors (Lipinski definition) is 1. The number of aliphatic carboxylic acids is 1. The highest BCUT2D eigenvalue weighted by molar-refractivity contribution is 5.97. The minimum atomic E-state index is -0.822. The van der Waals surface area contributed by atoms with Crippen molar-refractivity contribution in [3.63, 3.8) is 0 Å². The Hall–Kier alpha value is -1.88. The number of rotatable bonds is 3. The minimum Gasteiger partial charge on any atom is -0.480 e. The van der Waals surface area contributed by atoms with Gasteiger partial charge in [0.1, 0.15) is 6.04 Å². The number of para-hydroxylation sites is 1. The molecule has 106 valence electrons. The Morgan fingerprint density at radius 1 is 1.25 bits per heavy atom. The molecule has 2 heterocycles. The van der Waals surface area contributed by atoms with Crippen molar-refractivity contribution in [1.82, 2.24) is 4.90 Å². The van der Waals surface area contributed by atoms with E-state index in [9.17, 15) is 9.59 Å². The molecule has 1 N–H and O–H groups in total. The zero-order valence-corrected chi connectivity index (χ0v) is 11.3. The van der Waals surface area contributed by atoms with Crippen molar-refractivity contribution in [2.75, 3.05) is 24.5 Å². The van der Waals surface area contributed by atoms with Gasteiger partial charge in [-0.1, -0.05) is 18.2 Å². The van der Waals surface area contributed by atoms with Crippen molar-refractivity contribution in [3.8, 4) is 0 Å². The molecule has 0 aliphatic carbocycles. The van der Waals surface area contributed by atoms with E-state index in [4.69, 9.17) is 5.11 Å². The summed E-state index contributed by atoms with van der Waals surface area (Å²) in [5.41, 5.74) is 2.17. The maximum Gasteiger partial charge on any atom is 0.320 e. The molecule has 2 aliphatic rings. The largest absolute Gasteiger partial charge is 0.480 e. The third-order valence-corrected chi connectivity index (χ3v) is 4.18. The molecule has 1 atom stereocenters. The van der Waals surface area contributed by atoms with E-state index in [0.29, 0.717) is 19.5 Å². The van der Waals surface area contributed by atoms with Crippen molar-refractivity contribution in [3.05, 3.63) is 29.8 Å². The lowest BCUT2D eigenvalue weighted by Crippen LogP contribution is -2.44. The second-order valence-electron chi connectivity index (χ2n) is 5.39. The number of benzene rings is 1. The van der Waals surface area contributed by atoms with Gasteiger partial charge in [0.25, 0.3) is 0 Å². The van der Waals surface area contributed by atoms with E-state index in [2.05, 4.69) is 0 Å². The fourth-order valence-electron chi connectivity index (χ4n) is 3.15. The van der Waals surface area contributed by atoms with Crippen molar-refractivity contribution in [2.24, 2.45) is 0 Å². The Kier molecular flexibility index (Phi) is 3.44. The number of likely N-dealkylation sites (tertiary alicyclic amines) is 1. The van der Waals surface area contributed by atoms with E-state index in [1.807, 2.05) is 24.3 Å². The van der Waals surface area contributed by atoms with E-state index in [1.54, 1.807) is 9.80 Å². The van der Waals surface area contributed by atoms with Crippen LogP contribution in [0.5, 0.6) is 0 Å². The SMILES string of the molecule is O=C(O)[C@H]1CCCN1CC(=O)N1CCc2ccccc21. The lowest BCUT2D eigenvalue weighted by molar-refractivity contribution is -0.142. The molecule has 1 amide bonds. The fourth-order valence-corrected chi connectivity index (χ4v) is 3.15. The number of anilines is 1. The molecule has 5 heteroatoms. The van der Waals surface area contributed by atoms with Gasteiger partial charge in [-0.05, 0) is 37.4 Å². The third-order valence-electron chi connectivity index (χ3n) is 4.18. The van der Waals surface area contributed by atoms with Crippen LogP contribution in [-0.4, -0.2) is 47.6 Å². The summed E-state index contributed by atoms with van der Waals surface area (Å²) in [6.45, 7) is 1.59. The third kappa shape index (κ3) is 2.29. The summed E-state index contributed by atoms with van der Waals surface area (Å²) < 4.78 is 0. The van der Waals surface area contributed by atoms with Crippen molar-refractivity contribution >= 4 is 17.6 Å². The van der Waals surface area contributed by atoms with Crippen LogP contribution in [0.2, 0.25) is 0 Å². The van der Waals surface area contributed by atoms with Gasteiger partial charge in [0.2, 0.25) is 5.91 Å². The summed E-state index contributed by atoms with van der Waals surface area (Å²) in [6.07, 6.45) is 2.37. The van der Waals surface area contributed by atoms with Gasteiger partial charge in [-0.25, -0.2) is 0 Å². The Bertz CT molecular complexity index is 544. The van der Waals surface area contributed by atoms with Crippen LogP contribution in [0, 0.1) is 0 Å². The monoisotopic (exact) mass is 274 g/mol. The van der Waals surface area contributed by atoms with Gasteiger partial charge in [0.05, 0.1) is 6.54 Å². The molecule has 1 saturated heterocycles. The average Bonchev–Trinajstić information content (AvgIpc) is 3.04. The van der Waals surface area contributed by atoms with Gasteiger partial charge >= 0.3 is 5.97 Å². The second-order valence-corrected chi connectivity index (χ2v) is 5.39. The molecule has 20 heavy (non-hydrogen) atoms. The molecule has 0 saturated carbocycles. The lowest BCUT2D eigenvalue weighted by Gasteiger charge is -2.24. The van der Waals surface area contributed by atoms with E-state index >= 15 is 0 Å². The van der Waals surface area contributed by atoms with Gasteiger partial charge in [-0.2, -0.15) is 0 Å². The molecule has 0 aromatic heterocycles. The molecule has 1 fully saturated rings. The highest BCUT2D eigenvalue weighted by atomic mass is 16.4. The highest BCUT2D eigenvalue weighted by Crippen LogP contribution is 2.28. The number of carbonyl (C=O) groups excluding carboxylic acids is 1. The molecule has 5 nitrogen and oxygen atoms in total. The Morgan fingerprint density at radius 3 is 2.85 bits per heavy atom. The minimum absolute atomic E-state index is 0.00287. The second kappa shape index (κ2) is 5.25. The summed E-state index contributed by atoms with van der Waals surface area (Å²) in [4.78, 5) is 27.1. The molecule has 3 rings (SSSR count). The van der Waals surface area contributed by atoms with Crippen LogP contribution in [0.15, 0.2) is 24.3 Å². The fraction of sp³-hybridized carbons (Fsp3) is 0.467. The number of carboxylic acid groups (broad SMARTS) is 1. The summed E-state index contributed by atoms with van der Waals surface area (Å²) in [5, 5.41) is 9.15. The predicted molar refractivity (Wildman–Crippen MR) is 74.7 cm³/mol. The van der Waals surface area contributed by atoms with E-state index in [1.165, 1.54) is 5.56 Å². The smallest absolute Gasteiger partial charge is 0.320 e. The molecular weight excluding hydrogens is 256 g/mol. The molecular formula is C15H18N2O3. The number of amides is 1. The normalized spacial score (nSPS) is 22.0. The Balaban J connectivity index is 1.70. The van der Waals surface area contributed by atoms with Crippen molar-refractivity contribution in [2.45, 2.75) is 25.3 Å². The summed E-state index contributed by atoms with van der Waals surface area (Å²) in [5.74, 6) is -0.819. The topological polar surface area (TPSA) is 60.9 Å². The van der Waals surface area contributed by atoms with Crippen LogP contribution in [0.3, 0.4) is 0 Å². The quantitative estimate of drug-likeness (QED) is 0.897. The van der Waals surface area contributed by atoms with Crippen LogP contribution in [-0.2, 0) is 16.0 Å². The van der Waals surface area contributed by atoms with Gasteiger partial charge in [0.15, 0.2) is 0 Å². The molecule has 0 unspecified atom stereocenters. The van der Waals surface area contributed by atoms with Gasteiger partial charge in [-0.15, -0.1) is 0 Å². The Morgan fingerprint density at radius 2 is 2.05 bits per heavy atom. The molecule has 1 aromatic rings. The van der Waals surface area contributed by atoms with Crippen LogP contribution in [0.4, 0.5) is 5.69 Å².